The molecular weight excluding hydrogens is 611 g/mol. The van der Waals surface area contributed by atoms with Crippen LogP contribution in [0.1, 0.15) is 107 Å². The number of rotatable bonds is 12. The molecule has 2 amide bonds. The number of halogens is 1. The molecule has 0 radical (unpaired) electrons. The van der Waals surface area contributed by atoms with E-state index in [1.165, 1.54) is 24.2 Å². The lowest BCUT2D eigenvalue weighted by molar-refractivity contribution is 0.0646. The van der Waals surface area contributed by atoms with Crippen LogP contribution in [0, 0.1) is 17.2 Å². The normalized spacial score (nSPS) is 12.2. The average molecular weight is 666 g/mol. The predicted octanol–water partition coefficient (Wildman–Crippen LogP) is 4.53. The van der Waals surface area contributed by atoms with Crippen molar-refractivity contribution in [2.24, 2.45) is 34.0 Å². The Labute approximate surface area is 248 Å². The summed E-state index contributed by atoms with van der Waals surface area (Å²) in [6, 6.07) is 7.05. The zero-order valence-corrected chi connectivity index (χ0v) is 27.9. The first kappa shape index (κ1) is 41.9. The molecule has 0 spiro atoms. The van der Waals surface area contributed by atoms with Crippen LogP contribution in [-0.4, -0.2) is 46.1 Å². The standard InChI is InChI=1S/C16H21NO2.C8H19N.C3H9BINP.H4N2.H2O/c1-4-16(2,3)10-7-11-17-14(18)12-8-5-6-9-13(12)15(17)19;1-4-8(2,3)6-5-7-9;5-4(7)2-1-3-6;1-2;/h5-6,8-9H,4,7,10-11H2,1-3H3;4-7,9H2,1-3H3;2H,1,3,6-7H2;1-2H2;1H2/q;;-1;;. The van der Waals surface area contributed by atoms with Gasteiger partial charge in [-0.3, -0.25) is 26.2 Å². The number of carbonyl (C=O) groups excluding carboxylic acids is 2. The summed E-state index contributed by atoms with van der Waals surface area (Å²) in [5.74, 6) is 7.71. The lowest BCUT2D eigenvalue weighted by Crippen LogP contribution is -2.31. The highest BCUT2D eigenvalue weighted by Crippen LogP contribution is 2.28. The molecule has 2 rings (SSSR count). The van der Waals surface area contributed by atoms with Crippen molar-refractivity contribution < 1.29 is 15.1 Å². The van der Waals surface area contributed by atoms with Crippen molar-refractivity contribution in [3.63, 3.8) is 0 Å². The van der Waals surface area contributed by atoms with Gasteiger partial charge >= 0.3 is 0 Å². The number of amides is 2. The van der Waals surface area contributed by atoms with Crippen molar-refractivity contribution in [2.75, 3.05) is 19.6 Å². The fraction of sp³-hybridized carbons (Fsp3) is 0.667. The van der Waals surface area contributed by atoms with Gasteiger partial charge in [-0.1, -0.05) is 66.5 Å². The molecule has 222 valence electrons. The molecule has 10 N–H and O–H groups in total. The summed E-state index contributed by atoms with van der Waals surface area (Å²) in [7, 11) is 2.68. The van der Waals surface area contributed by atoms with Crippen molar-refractivity contribution in [3.05, 3.63) is 41.7 Å². The summed E-state index contributed by atoms with van der Waals surface area (Å²) in [5, 5.41) is 0. The molecule has 0 saturated heterocycles. The van der Waals surface area contributed by atoms with Gasteiger partial charge in [-0.2, -0.15) is 37.9 Å². The van der Waals surface area contributed by atoms with Crippen LogP contribution in [0.5, 0.6) is 0 Å². The van der Waals surface area contributed by atoms with Gasteiger partial charge in [0.15, 0.2) is 0 Å². The average Bonchev–Trinajstić information content (AvgIpc) is 3.13. The number of hydrazine groups is 1. The molecule has 1 atom stereocenters. The molecule has 0 aliphatic carbocycles. The van der Waals surface area contributed by atoms with Gasteiger partial charge in [0, 0.05) is 6.54 Å². The SMILES string of the molecule is CCC(C)(C)CCCN.CCC(C)(C)CCCN1C(=O)c2ccccc2C1=O.NCC[CH-]B(P)I.NN.O. The highest BCUT2D eigenvalue weighted by Gasteiger charge is 2.34. The van der Waals surface area contributed by atoms with Crippen molar-refractivity contribution >= 4 is 47.6 Å². The zero-order chi connectivity index (χ0) is 29.1. The number of hydrogen-bond donors (Lipinski definition) is 4. The lowest BCUT2D eigenvalue weighted by atomic mass is 9.85. The first-order chi connectivity index (χ1) is 17.4. The number of nitrogens with zero attached hydrogens (tertiary/aromatic N) is 1. The first-order valence-electron chi connectivity index (χ1n) is 13.3. The van der Waals surface area contributed by atoms with Gasteiger partial charge < -0.3 is 23.3 Å². The maximum Gasteiger partial charge on any atom is 0.261 e. The van der Waals surface area contributed by atoms with Crippen molar-refractivity contribution in [1.82, 2.24) is 4.90 Å². The number of carbonyl (C=O) groups is 2. The van der Waals surface area contributed by atoms with Crippen LogP contribution < -0.4 is 23.2 Å². The molecule has 1 aromatic rings. The molecule has 8 nitrogen and oxygen atoms in total. The molecule has 0 bridgehead atoms. The van der Waals surface area contributed by atoms with E-state index < -0.39 is 0 Å². The molecule has 1 unspecified atom stereocenters. The van der Waals surface area contributed by atoms with Crippen molar-refractivity contribution in [3.8, 4) is 0 Å². The third-order valence-electron chi connectivity index (χ3n) is 6.64. The minimum atomic E-state index is -0.144. The highest BCUT2D eigenvalue weighted by atomic mass is 127. The monoisotopic (exact) mass is 666 g/mol. The van der Waals surface area contributed by atoms with Gasteiger partial charge in [0.25, 0.3) is 11.8 Å². The molecule has 38 heavy (non-hydrogen) atoms. The van der Waals surface area contributed by atoms with E-state index in [1.54, 1.807) is 24.3 Å². The molecular formula is C27H55BIN5O3P-. The van der Waals surface area contributed by atoms with Crippen LogP contribution in [0.25, 0.3) is 0 Å². The van der Waals surface area contributed by atoms with Gasteiger partial charge in [-0.25, -0.2) is 0 Å². The van der Waals surface area contributed by atoms with E-state index in [2.05, 4.69) is 91.0 Å². The van der Waals surface area contributed by atoms with E-state index in [0.717, 1.165) is 38.8 Å². The zero-order valence-electron chi connectivity index (χ0n) is 24.6. The molecule has 1 heterocycles. The second kappa shape index (κ2) is 23.1. The Kier molecular flexibility index (Phi) is 25.5. The Morgan fingerprint density at radius 2 is 1.32 bits per heavy atom. The highest BCUT2D eigenvalue weighted by molar-refractivity contribution is 14.1. The van der Waals surface area contributed by atoms with Gasteiger partial charge in [-0.15, -0.1) is 0 Å². The number of imide groups is 1. The van der Waals surface area contributed by atoms with Crippen LogP contribution >= 0.6 is 31.5 Å². The molecule has 1 aliphatic rings. The number of hydrogen-bond acceptors (Lipinski definition) is 6. The van der Waals surface area contributed by atoms with E-state index in [9.17, 15) is 9.59 Å². The number of benzene rings is 1. The summed E-state index contributed by atoms with van der Waals surface area (Å²) < 4.78 is 0.584. The second-order valence-electron chi connectivity index (χ2n) is 10.6. The molecule has 0 fully saturated rings. The smallest absolute Gasteiger partial charge is 0.261 e. The summed E-state index contributed by atoms with van der Waals surface area (Å²) in [5.41, 5.74) is 12.5. The predicted molar refractivity (Wildman–Crippen MR) is 177 cm³/mol. The van der Waals surface area contributed by atoms with E-state index in [4.69, 9.17) is 11.5 Å². The van der Waals surface area contributed by atoms with E-state index in [1.807, 2.05) is 0 Å². The first-order valence-corrected chi connectivity index (χ1v) is 15.2. The topological polar surface area (TPSA) is 173 Å². The fourth-order valence-electron chi connectivity index (χ4n) is 3.35. The Hall–Kier alpha value is -0.615. The largest absolute Gasteiger partial charge is 0.412 e. The molecule has 0 aromatic heterocycles. The maximum atomic E-state index is 12.1. The Morgan fingerprint density at radius 1 is 0.895 bits per heavy atom. The number of fused-ring (bicyclic) bond motifs is 1. The quantitative estimate of drug-likeness (QED) is 0.0485. The van der Waals surface area contributed by atoms with Gasteiger partial charge in [-0.05, 0) is 61.7 Å². The molecule has 11 heteroatoms. The third kappa shape index (κ3) is 17.9. The van der Waals surface area contributed by atoms with E-state index >= 15 is 0 Å². The van der Waals surface area contributed by atoms with Gasteiger partial charge in [0.1, 0.15) is 0 Å². The fourth-order valence-corrected chi connectivity index (χ4v) is 3.90. The Bertz CT molecular complexity index is 735. The third-order valence-corrected chi connectivity index (χ3v) is 7.42. The molecule has 1 aromatic carbocycles. The van der Waals surface area contributed by atoms with Crippen LogP contribution in [0.4, 0.5) is 0 Å². The van der Waals surface area contributed by atoms with Crippen molar-refractivity contribution in [1.29, 1.82) is 0 Å². The maximum absolute atomic E-state index is 12.1. The minimum absolute atomic E-state index is 0. The van der Waals surface area contributed by atoms with Gasteiger partial charge in [0.2, 0.25) is 0 Å². The van der Waals surface area contributed by atoms with Crippen LogP contribution in [0.3, 0.4) is 0 Å². The summed E-state index contributed by atoms with van der Waals surface area (Å²) in [6.45, 7) is 15.6. The number of nitrogens with two attached hydrogens (primary N) is 4. The second-order valence-corrected chi connectivity index (χ2v) is 14.1. The lowest BCUT2D eigenvalue weighted by Gasteiger charge is -2.23. The van der Waals surface area contributed by atoms with Gasteiger partial charge in [0.05, 0.1) is 15.4 Å². The van der Waals surface area contributed by atoms with E-state index in [0.29, 0.717) is 27.4 Å². The Balaban J connectivity index is -0.000000542. The molecule has 0 saturated carbocycles. The van der Waals surface area contributed by atoms with E-state index in [-0.39, 0.29) is 22.7 Å². The van der Waals surface area contributed by atoms with Crippen LogP contribution in [-0.2, 0) is 0 Å². The summed E-state index contributed by atoms with van der Waals surface area (Å²) in [6.07, 6.45) is 9.88. The summed E-state index contributed by atoms with van der Waals surface area (Å²) in [4.78, 5) is 25.7. The van der Waals surface area contributed by atoms with Crippen molar-refractivity contribution in [2.45, 2.75) is 86.5 Å². The summed E-state index contributed by atoms with van der Waals surface area (Å²) >= 11 is 2.32. The Morgan fingerprint density at radius 3 is 1.63 bits per heavy atom. The van der Waals surface area contributed by atoms with Crippen LogP contribution in [0.15, 0.2) is 24.3 Å². The molecule has 1 aliphatic heterocycles. The van der Waals surface area contributed by atoms with Crippen LogP contribution in [0.2, 0.25) is 0 Å². The minimum Gasteiger partial charge on any atom is -0.412 e.